The van der Waals surface area contributed by atoms with Crippen LogP contribution in [0.3, 0.4) is 0 Å². The summed E-state index contributed by atoms with van der Waals surface area (Å²) in [6.45, 7) is 0.533. The zero-order valence-electron chi connectivity index (χ0n) is 9.00. The van der Waals surface area contributed by atoms with Gasteiger partial charge in [-0.1, -0.05) is 0 Å². The van der Waals surface area contributed by atoms with Crippen molar-refractivity contribution < 1.29 is 0 Å². The second-order valence-electron chi connectivity index (χ2n) is 3.62. The maximum absolute atomic E-state index is 11.5. The second-order valence-corrected chi connectivity index (χ2v) is 3.62. The van der Waals surface area contributed by atoms with Gasteiger partial charge in [-0.25, -0.2) is 4.68 Å². The van der Waals surface area contributed by atoms with Crippen molar-refractivity contribution in [3.63, 3.8) is 0 Å². The van der Waals surface area contributed by atoms with Crippen molar-refractivity contribution in [1.29, 1.82) is 0 Å². The number of hydrogen-bond donors (Lipinski definition) is 1. The molecule has 6 nitrogen and oxygen atoms in total. The molecule has 2 aromatic rings. The van der Waals surface area contributed by atoms with E-state index in [1.807, 2.05) is 13.2 Å². The summed E-state index contributed by atoms with van der Waals surface area (Å²) >= 11 is 0. The number of aryl methyl sites for hydroxylation is 3. The molecule has 0 aliphatic rings. The fraction of sp³-hybridized carbons (Fsp3) is 0.300. The first kappa shape index (κ1) is 10.4. The fourth-order valence-corrected chi connectivity index (χ4v) is 1.45. The van der Waals surface area contributed by atoms with E-state index in [0.29, 0.717) is 12.2 Å². The van der Waals surface area contributed by atoms with Crippen molar-refractivity contribution in [2.45, 2.75) is 13.0 Å². The van der Waals surface area contributed by atoms with E-state index in [-0.39, 0.29) is 5.56 Å². The summed E-state index contributed by atoms with van der Waals surface area (Å²) < 4.78 is 3.12. The van der Waals surface area contributed by atoms with E-state index < -0.39 is 0 Å². The van der Waals surface area contributed by atoms with Crippen LogP contribution in [0.5, 0.6) is 0 Å². The topological polar surface area (TPSA) is 78.7 Å². The maximum Gasteiger partial charge on any atom is 0.268 e. The molecule has 16 heavy (non-hydrogen) atoms. The van der Waals surface area contributed by atoms with Crippen LogP contribution in [-0.2, 0) is 20.0 Å². The Morgan fingerprint density at radius 1 is 1.38 bits per heavy atom. The Labute approximate surface area is 92.3 Å². The van der Waals surface area contributed by atoms with Crippen molar-refractivity contribution in [2.75, 3.05) is 5.73 Å². The molecule has 0 radical (unpaired) electrons. The summed E-state index contributed by atoms with van der Waals surface area (Å²) in [5.41, 5.74) is 6.74. The highest BCUT2D eigenvalue weighted by atomic mass is 16.1. The minimum absolute atomic E-state index is 0.177. The van der Waals surface area contributed by atoms with Crippen LogP contribution in [0.2, 0.25) is 0 Å². The lowest BCUT2D eigenvalue weighted by Gasteiger charge is -2.02. The SMILES string of the molecule is Cn1cc(CCn2ncc(N)cc2=O)cn1. The number of rotatable bonds is 3. The third kappa shape index (κ3) is 2.28. The Bertz CT molecular complexity index is 542. The minimum atomic E-state index is -0.177. The molecule has 2 heterocycles. The Morgan fingerprint density at radius 3 is 2.81 bits per heavy atom. The molecule has 0 unspecified atom stereocenters. The Balaban J connectivity index is 2.07. The van der Waals surface area contributed by atoms with E-state index in [1.54, 1.807) is 10.9 Å². The molecule has 0 bridgehead atoms. The third-order valence-corrected chi connectivity index (χ3v) is 2.26. The van der Waals surface area contributed by atoms with E-state index in [9.17, 15) is 4.79 Å². The molecule has 84 valence electrons. The number of nitrogens with zero attached hydrogens (tertiary/aromatic N) is 4. The minimum Gasteiger partial charge on any atom is -0.397 e. The predicted molar refractivity (Wildman–Crippen MR) is 59.8 cm³/mol. The number of nitrogens with two attached hydrogens (primary N) is 1. The number of aromatic nitrogens is 4. The lowest BCUT2D eigenvalue weighted by molar-refractivity contribution is 0.578. The number of hydrogen-bond acceptors (Lipinski definition) is 4. The van der Waals surface area contributed by atoms with Gasteiger partial charge < -0.3 is 5.73 Å². The first-order valence-electron chi connectivity index (χ1n) is 4.95. The molecule has 0 spiro atoms. The van der Waals surface area contributed by atoms with Gasteiger partial charge in [0.2, 0.25) is 0 Å². The van der Waals surface area contributed by atoms with Gasteiger partial charge in [0, 0.05) is 25.9 Å². The first-order chi connectivity index (χ1) is 7.65. The maximum atomic E-state index is 11.5. The highest BCUT2D eigenvalue weighted by Gasteiger charge is 2.00. The Hall–Kier alpha value is -2.11. The second kappa shape index (κ2) is 4.18. The molecule has 0 saturated carbocycles. The van der Waals surface area contributed by atoms with E-state index in [4.69, 9.17) is 5.73 Å². The van der Waals surface area contributed by atoms with Crippen LogP contribution in [0, 0.1) is 0 Å². The molecular weight excluding hydrogens is 206 g/mol. The Morgan fingerprint density at radius 2 is 2.19 bits per heavy atom. The van der Waals surface area contributed by atoms with Gasteiger partial charge in [0.15, 0.2) is 0 Å². The average Bonchev–Trinajstić information content (AvgIpc) is 2.63. The quantitative estimate of drug-likeness (QED) is 0.775. The highest BCUT2D eigenvalue weighted by Crippen LogP contribution is 1.99. The van der Waals surface area contributed by atoms with E-state index in [2.05, 4.69) is 10.2 Å². The summed E-state index contributed by atoms with van der Waals surface area (Å²) in [4.78, 5) is 11.5. The zero-order valence-corrected chi connectivity index (χ0v) is 9.00. The molecule has 0 amide bonds. The van der Waals surface area contributed by atoms with Crippen molar-refractivity contribution >= 4 is 5.69 Å². The van der Waals surface area contributed by atoms with Crippen LogP contribution in [0.25, 0.3) is 0 Å². The highest BCUT2D eigenvalue weighted by molar-refractivity contribution is 5.31. The van der Waals surface area contributed by atoms with E-state index in [0.717, 1.165) is 12.0 Å². The van der Waals surface area contributed by atoms with Crippen molar-refractivity contribution in [1.82, 2.24) is 19.6 Å². The number of anilines is 1. The van der Waals surface area contributed by atoms with Gasteiger partial charge in [-0.05, 0) is 12.0 Å². The smallest absolute Gasteiger partial charge is 0.268 e. The van der Waals surface area contributed by atoms with Gasteiger partial charge in [-0.15, -0.1) is 0 Å². The molecule has 0 aliphatic heterocycles. The van der Waals surface area contributed by atoms with E-state index >= 15 is 0 Å². The van der Waals surface area contributed by atoms with E-state index in [1.165, 1.54) is 16.9 Å². The molecular formula is C10H13N5O. The van der Waals surface area contributed by atoms with Crippen molar-refractivity contribution in [2.24, 2.45) is 7.05 Å². The summed E-state index contributed by atoms with van der Waals surface area (Å²) in [7, 11) is 1.86. The van der Waals surface area contributed by atoms with Gasteiger partial charge in [0.25, 0.3) is 5.56 Å². The van der Waals surface area contributed by atoms with Crippen LogP contribution in [0.15, 0.2) is 29.5 Å². The normalized spacial score (nSPS) is 10.6. The monoisotopic (exact) mass is 219 g/mol. The molecule has 0 saturated heterocycles. The van der Waals surface area contributed by atoms with Gasteiger partial charge in [-0.3, -0.25) is 9.48 Å². The van der Waals surface area contributed by atoms with Gasteiger partial charge >= 0.3 is 0 Å². The lowest BCUT2D eigenvalue weighted by atomic mass is 10.2. The molecule has 0 atom stereocenters. The van der Waals surface area contributed by atoms with Crippen LogP contribution in [-0.4, -0.2) is 19.6 Å². The standard InChI is InChI=1S/C10H13N5O/c1-14-7-8(5-12-14)2-3-15-10(16)4-9(11)6-13-15/h4-7H,2-3,11H2,1H3. The molecule has 0 fully saturated rings. The number of nitrogen functional groups attached to an aromatic ring is 1. The summed E-state index contributed by atoms with van der Waals surface area (Å²) in [6, 6.07) is 1.37. The summed E-state index contributed by atoms with van der Waals surface area (Å²) in [5, 5.41) is 8.01. The molecule has 0 aromatic carbocycles. The van der Waals surface area contributed by atoms with Crippen LogP contribution in [0.1, 0.15) is 5.56 Å². The Kier molecular flexibility index (Phi) is 2.72. The summed E-state index contributed by atoms with van der Waals surface area (Å²) in [5.74, 6) is 0. The van der Waals surface area contributed by atoms with Gasteiger partial charge in [0.1, 0.15) is 0 Å². The zero-order chi connectivity index (χ0) is 11.5. The van der Waals surface area contributed by atoms with Crippen LogP contribution >= 0.6 is 0 Å². The average molecular weight is 219 g/mol. The van der Waals surface area contributed by atoms with Crippen molar-refractivity contribution in [3.05, 3.63) is 40.6 Å². The van der Waals surface area contributed by atoms with Gasteiger partial charge in [0.05, 0.1) is 18.1 Å². The van der Waals surface area contributed by atoms with Crippen LogP contribution < -0.4 is 11.3 Å². The third-order valence-electron chi connectivity index (χ3n) is 2.26. The predicted octanol–water partition coefficient (Wildman–Crippen LogP) is -0.198. The first-order valence-corrected chi connectivity index (χ1v) is 4.95. The van der Waals surface area contributed by atoms with Crippen LogP contribution in [0.4, 0.5) is 5.69 Å². The molecule has 2 aromatic heterocycles. The molecule has 2 N–H and O–H groups in total. The fourth-order valence-electron chi connectivity index (χ4n) is 1.45. The molecule has 2 rings (SSSR count). The molecule has 0 aliphatic carbocycles. The van der Waals surface area contributed by atoms with Gasteiger partial charge in [-0.2, -0.15) is 10.2 Å². The lowest BCUT2D eigenvalue weighted by Crippen LogP contribution is -2.23. The largest absolute Gasteiger partial charge is 0.397 e. The molecule has 6 heteroatoms. The van der Waals surface area contributed by atoms with Crippen molar-refractivity contribution in [3.8, 4) is 0 Å². The summed E-state index contributed by atoms with van der Waals surface area (Å²) in [6.07, 6.45) is 5.90.